The number of nitrogens with one attached hydrogen (secondary N) is 3. The molecule has 0 bridgehead atoms. The van der Waals surface area contributed by atoms with Gasteiger partial charge in [0.1, 0.15) is 17.8 Å². The lowest BCUT2D eigenvalue weighted by Crippen LogP contribution is -2.19. The monoisotopic (exact) mass is 476 g/mol. The number of aromatic nitrogens is 3. The summed E-state index contributed by atoms with van der Waals surface area (Å²) in [5.74, 6) is 0.595. The van der Waals surface area contributed by atoms with Crippen LogP contribution in [-0.4, -0.2) is 47.4 Å². The van der Waals surface area contributed by atoms with Crippen molar-refractivity contribution in [3.05, 3.63) is 59.9 Å². The number of carbonyl (C=O) groups excluding carboxylic acids is 1. The molecule has 0 unspecified atom stereocenters. The van der Waals surface area contributed by atoms with Gasteiger partial charge in [-0.05, 0) is 55.3 Å². The number of ether oxygens (including phenoxy) is 2. The van der Waals surface area contributed by atoms with Crippen LogP contribution < -0.4 is 25.4 Å². The Hall–Kier alpha value is -4.09. The number of amides is 1. The molecule has 1 aromatic heterocycles. The molecule has 34 heavy (non-hydrogen) atoms. The van der Waals surface area contributed by atoms with Crippen molar-refractivity contribution < 1.29 is 27.4 Å². The first-order chi connectivity index (χ1) is 16.2. The Morgan fingerprint density at radius 3 is 2.44 bits per heavy atom. The average molecular weight is 476 g/mol. The van der Waals surface area contributed by atoms with Gasteiger partial charge < -0.3 is 25.4 Å². The van der Waals surface area contributed by atoms with Crippen LogP contribution in [0.25, 0.3) is 0 Å². The second kappa shape index (κ2) is 11.2. The number of anilines is 3. The summed E-state index contributed by atoms with van der Waals surface area (Å²) in [5, 5.41) is 8.74. The second-order valence-electron chi connectivity index (χ2n) is 6.96. The molecule has 2 aromatic carbocycles. The standard InChI is InChI=1S/C22H23F3N6O3/c1-14-17(19(32)26-2)5-3-6-18(14)30-21-29-13-28-20(31-21)27-11-4-12-33-15-7-9-16(10-8-15)34-22(23,24)25/h3,5-10,13H,4,11-12H2,1-2H3,(H,26,32)(H2,27,28,29,30,31). The number of halogens is 3. The van der Waals surface area contributed by atoms with E-state index in [1.165, 1.54) is 30.6 Å². The minimum atomic E-state index is -4.73. The zero-order valence-corrected chi connectivity index (χ0v) is 18.4. The maximum absolute atomic E-state index is 12.2. The minimum absolute atomic E-state index is 0.188. The third-order valence-corrected chi connectivity index (χ3v) is 4.55. The van der Waals surface area contributed by atoms with Crippen LogP contribution in [0.1, 0.15) is 22.3 Å². The Labute approximate surface area is 193 Å². The first-order valence-electron chi connectivity index (χ1n) is 10.3. The summed E-state index contributed by atoms with van der Waals surface area (Å²) >= 11 is 0. The number of hydrogen-bond acceptors (Lipinski definition) is 8. The summed E-state index contributed by atoms with van der Waals surface area (Å²) in [4.78, 5) is 24.5. The molecule has 3 aromatic rings. The predicted octanol–water partition coefficient (Wildman–Crippen LogP) is 4.06. The predicted molar refractivity (Wildman–Crippen MR) is 119 cm³/mol. The average Bonchev–Trinajstić information content (AvgIpc) is 2.80. The summed E-state index contributed by atoms with van der Waals surface area (Å²) in [6, 6.07) is 10.5. The maximum atomic E-state index is 12.2. The van der Waals surface area contributed by atoms with Gasteiger partial charge in [0.05, 0.1) is 6.61 Å². The summed E-state index contributed by atoms with van der Waals surface area (Å²) < 4.78 is 45.9. The quantitative estimate of drug-likeness (QED) is 0.376. The summed E-state index contributed by atoms with van der Waals surface area (Å²) in [6.07, 6.45) is -2.79. The van der Waals surface area contributed by atoms with Gasteiger partial charge in [0.15, 0.2) is 0 Å². The van der Waals surface area contributed by atoms with Crippen LogP contribution in [-0.2, 0) is 0 Å². The highest BCUT2D eigenvalue weighted by atomic mass is 19.4. The second-order valence-corrected chi connectivity index (χ2v) is 6.96. The fraction of sp³-hybridized carbons (Fsp3) is 0.273. The number of alkyl halides is 3. The van der Waals surface area contributed by atoms with E-state index < -0.39 is 6.36 Å². The fourth-order valence-electron chi connectivity index (χ4n) is 2.91. The molecule has 3 rings (SSSR count). The minimum Gasteiger partial charge on any atom is -0.494 e. The van der Waals surface area contributed by atoms with E-state index in [1.807, 2.05) is 13.0 Å². The van der Waals surface area contributed by atoms with Crippen LogP contribution in [0.3, 0.4) is 0 Å². The van der Waals surface area contributed by atoms with Gasteiger partial charge >= 0.3 is 6.36 Å². The molecule has 0 aliphatic heterocycles. The van der Waals surface area contributed by atoms with E-state index in [2.05, 4.69) is 35.6 Å². The molecule has 12 heteroatoms. The summed E-state index contributed by atoms with van der Waals surface area (Å²) in [7, 11) is 1.57. The van der Waals surface area contributed by atoms with Crippen molar-refractivity contribution in [3.8, 4) is 11.5 Å². The number of nitrogens with zero attached hydrogens (tertiary/aromatic N) is 3. The Kier molecular flexibility index (Phi) is 8.06. The van der Waals surface area contributed by atoms with Crippen molar-refractivity contribution in [2.24, 2.45) is 0 Å². The number of benzene rings is 2. The van der Waals surface area contributed by atoms with Crippen LogP contribution in [0.2, 0.25) is 0 Å². The molecule has 9 nitrogen and oxygen atoms in total. The highest BCUT2D eigenvalue weighted by molar-refractivity contribution is 5.97. The SMILES string of the molecule is CNC(=O)c1cccc(Nc2ncnc(NCCCOc3ccc(OC(F)(F)F)cc3)n2)c1C. The summed E-state index contributed by atoms with van der Waals surface area (Å²) in [6.45, 7) is 2.64. The molecule has 1 heterocycles. The van der Waals surface area contributed by atoms with Crippen molar-refractivity contribution in [2.45, 2.75) is 19.7 Å². The topological polar surface area (TPSA) is 110 Å². The van der Waals surface area contributed by atoms with Crippen molar-refractivity contribution in [3.63, 3.8) is 0 Å². The molecule has 0 spiro atoms. The maximum Gasteiger partial charge on any atom is 0.573 e. The molecular formula is C22H23F3N6O3. The van der Waals surface area contributed by atoms with Crippen LogP contribution in [0.4, 0.5) is 30.8 Å². The van der Waals surface area contributed by atoms with Crippen molar-refractivity contribution in [1.82, 2.24) is 20.3 Å². The van der Waals surface area contributed by atoms with Gasteiger partial charge in [-0.3, -0.25) is 4.79 Å². The van der Waals surface area contributed by atoms with Crippen LogP contribution in [0, 0.1) is 6.92 Å². The normalized spacial score (nSPS) is 11.0. The van der Waals surface area contributed by atoms with Gasteiger partial charge in [-0.15, -0.1) is 13.2 Å². The van der Waals surface area contributed by atoms with Gasteiger partial charge in [-0.25, -0.2) is 9.97 Å². The molecular weight excluding hydrogens is 453 g/mol. The van der Waals surface area contributed by atoms with E-state index in [4.69, 9.17) is 4.74 Å². The molecule has 0 saturated heterocycles. The first-order valence-corrected chi connectivity index (χ1v) is 10.3. The van der Waals surface area contributed by atoms with Crippen LogP contribution >= 0.6 is 0 Å². The fourth-order valence-corrected chi connectivity index (χ4v) is 2.91. The van der Waals surface area contributed by atoms with Crippen molar-refractivity contribution in [2.75, 3.05) is 30.8 Å². The smallest absolute Gasteiger partial charge is 0.494 e. The number of carbonyl (C=O) groups is 1. The van der Waals surface area contributed by atoms with Crippen LogP contribution in [0.5, 0.6) is 11.5 Å². The molecule has 0 fully saturated rings. The Balaban J connectivity index is 1.47. The number of rotatable bonds is 10. The summed E-state index contributed by atoms with van der Waals surface area (Å²) in [5.41, 5.74) is 1.99. The Morgan fingerprint density at radius 1 is 1.03 bits per heavy atom. The lowest BCUT2D eigenvalue weighted by atomic mass is 10.1. The molecule has 0 radical (unpaired) electrons. The molecule has 0 aliphatic rings. The van der Waals surface area contributed by atoms with Crippen molar-refractivity contribution >= 4 is 23.5 Å². The van der Waals surface area contributed by atoms with E-state index >= 15 is 0 Å². The highest BCUT2D eigenvalue weighted by Crippen LogP contribution is 2.25. The number of hydrogen-bond donors (Lipinski definition) is 3. The van der Waals surface area contributed by atoms with E-state index in [1.54, 1.807) is 19.2 Å². The lowest BCUT2D eigenvalue weighted by Gasteiger charge is -2.12. The zero-order valence-electron chi connectivity index (χ0n) is 18.4. The zero-order chi connectivity index (χ0) is 24.6. The van der Waals surface area contributed by atoms with Gasteiger partial charge in [0.2, 0.25) is 11.9 Å². The largest absolute Gasteiger partial charge is 0.573 e. The van der Waals surface area contributed by atoms with Crippen molar-refractivity contribution in [1.29, 1.82) is 0 Å². The van der Waals surface area contributed by atoms with Gasteiger partial charge in [0.25, 0.3) is 5.91 Å². The molecule has 0 atom stereocenters. The van der Waals surface area contributed by atoms with Gasteiger partial charge in [0, 0.05) is 24.8 Å². The van der Waals surface area contributed by atoms with E-state index in [0.717, 1.165) is 5.56 Å². The lowest BCUT2D eigenvalue weighted by molar-refractivity contribution is -0.274. The van der Waals surface area contributed by atoms with E-state index in [-0.39, 0.29) is 11.7 Å². The molecule has 180 valence electrons. The first kappa shape index (κ1) is 24.6. The van der Waals surface area contributed by atoms with Crippen LogP contribution in [0.15, 0.2) is 48.8 Å². The molecule has 0 saturated carbocycles. The van der Waals surface area contributed by atoms with E-state index in [9.17, 15) is 18.0 Å². The van der Waals surface area contributed by atoms with Gasteiger partial charge in [-0.1, -0.05) is 6.07 Å². The molecule has 1 amide bonds. The molecule has 3 N–H and O–H groups in total. The Bertz CT molecular complexity index is 1110. The van der Waals surface area contributed by atoms with Gasteiger partial charge in [-0.2, -0.15) is 4.98 Å². The third kappa shape index (κ3) is 7.22. The Morgan fingerprint density at radius 2 is 1.74 bits per heavy atom. The van der Waals surface area contributed by atoms with E-state index in [0.29, 0.717) is 48.5 Å². The highest BCUT2D eigenvalue weighted by Gasteiger charge is 2.30. The molecule has 0 aliphatic carbocycles. The third-order valence-electron chi connectivity index (χ3n) is 4.55.